The van der Waals surface area contributed by atoms with E-state index in [1.807, 2.05) is 13.8 Å². The molecule has 3 aromatic rings. The Hall–Kier alpha value is -2.81. The molecule has 0 saturated heterocycles. The molecule has 5 nitrogen and oxygen atoms in total. The molecule has 1 unspecified atom stereocenters. The highest BCUT2D eigenvalue weighted by Gasteiger charge is 2.22. The highest BCUT2D eigenvalue weighted by atomic mass is 32.2. The smallest absolute Gasteiger partial charge is 0.262 e. The summed E-state index contributed by atoms with van der Waals surface area (Å²) < 4.78 is 41.9. The first-order chi connectivity index (χ1) is 14.2. The molecule has 30 heavy (non-hydrogen) atoms. The van der Waals surface area contributed by atoms with E-state index in [2.05, 4.69) is 10.3 Å². The Bertz CT molecular complexity index is 1160. The molecule has 0 fully saturated rings. The highest BCUT2D eigenvalue weighted by molar-refractivity contribution is 8.00. The van der Waals surface area contributed by atoms with Crippen molar-refractivity contribution in [3.8, 4) is 0 Å². The first-order valence-electron chi connectivity index (χ1n) is 9.29. The minimum atomic E-state index is -1.66. The molecule has 1 heterocycles. The van der Waals surface area contributed by atoms with E-state index in [4.69, 9.17) is 0 Å². The number of halogens is 3. The van der Waals surface area contributed by atoms with Crippen LogP contribution in [0.15, 0.2) is 46.3 Å². The number of hydrogen-bond acceptors (Lipinski definition) is 4. The number of benzene rings is 2. The number of carbonyl (C=O) groups is 1. The van der Waals surface area contributed by atoms with E-state index in [1.165, 1.54) is 4.57 Å². The van der Waals surface area contributed by atoms with Gasteiger partial charge < -0.3 is 5.32 Å². The van der Waals surface area contributed by atoms with Crippen LogP contribution in [-0.2, 0) is 11.3 Å². The zero-order chi connectivity index (χ0) is 22.0. The number of anilines is 1. The predicted octanol–water partition coefficient (Wildman–Crippen LogP) is 4.59. The Labute approximate surface area is 175 Å². The standard InChI is InChI=1S/C21H20F3N3O2S/c1-11(2)10-27-20(29)13-6-4-5-7-15(13)26-21(27)30-12(3)19(28)25-16-9-8-14(22)17(23)18(16)24/h4-9,11-12H,10H2,1-3H3,(H,25,28). The second-order valence-electron chi connectivity index (χ2n) is 7.19. The largest absolute Gasteiger partial charge is 0.323 e. The first-order valence-corrected chi connectivity index (χ1v) is 10.2. The first kappa shape index (κ1) is 21.9. The van der Waals surface area contributed by atoms with Crippen molar-refractivity contribution < 1.29 is 18.0 Å². The number of para-hydroxylation sites is 1. The van der Waals surface area contributed by atoms with Gasteiger partial charge in [-0.2, -0.15) is 0 Å². The van der Waals surface area contributed by atoms with E-state index in [9.17, 15) is 22.8 Å². The molecular formula is C21H20F3N3O2S. The average molecular weight is 435 g/mol. The van der Waals surface area contributed by atoms with Crippen LogP contribution in [0.2, 0.25) is 0 Å². The van der Waals surface area contributed by atoms with Crippen LogP contribution in [0, 0.1) is 23.4 Å². The maximum Gasteiger partial charge on any atom is 0.262 e. The lowest BCUT2D eigenvalue weighted by atomic mass is 10.2. The third-order valence-corrected chi connectivity index (χ3v) is 5.41. The van der Waals surface area contributed by atoms with Gasteiger partial charge in [-0.3, -0.25) is 14.2 Å². The van der Waals surface area contributed by atoms with Crippen molar-refractivity contribution in [2.24, 2.45) is 5.92 Å². The van der Waals surface area contributed by atoms with Crippen molar-refractivity contribution in [2.45, 2.75) is 37.7 Å². The van der Waals surface area contributed by atoms with Crippen LogP contribution < -0.4 is 10.9 Å². The summed E-state index contributed by atoms with van der Waals surface area (Å²) in [4.78, 5) is 30.0. The van der Waals surface area contributed by atoms with Crippen LogP contribution in [0.4, 0.5) is 18.9 Å². The van der Waals surface area contributed by atoms with Crippen molar-refractivity contribution in [2.75, 3.05) is 5.32 Å². The number of nitrogens with one attached hydrogen (secondary N) is 1. The molecule has 1 amide bonds. The van der Waals surface area contributed by atoms with Gasteiger partial charge in [-0.05, 0) is 37.1 Å². The van der Waals surface area contributed by atoms with Gasteiger partial charge in [0.2, 0.25) is 5.91 Å². The maximum atomic E-state index is 13.9. The Morgan fingerprint density at radius 1 is 1.10 bits per heavy atom. The van der Waals surface area contributed by atoms with Gasteiger partial charge in [0.05, 0.1) is 21.8 Å². The molecule has 158 valence electrons. The Morgan fingerprint density at radius 2 is 1.80 bits per heavy atom. The van der Waals surface area contributed by atoms with Crippen molar-refractivity contribution in [1.82, 2.24) is 9.55 Å². The fraction of sp³-hybridized carbons (Fsp3) is 0.286. The summed E-state index contributed by atoms with van der Waals surface area (Å²) in [6, 6.07) is 8.60. The summed E-state index contributed by atoms with van der Waals surface area (Å²) >= 11 is 1.03. The fourth-order valence-electron chi connectivity index (χ4n) is 2.83. The summed E-state index contributed by atoms with van der Waals surface area (Å²) in [6.45, 7) is 5.88. The molecule has 0 bridgehead atoms. The molecule has 0 aliphatic heterocycles. The molecule has 0 aliphatic carbocycles. The van der Waals surface area contributed by atoms with E-state index < -0.39 is 34.3 Å². The van der Waals surface area contributed by atoms with E-state index in [-0.39, 0.29) is 11.5 Å². The molecule has 0 radical (unpaired) electrons. The molecule has 0 saturated carbocycles. The van der Waals surface area contributed by atoms with Gasteiger partial charge in [-0.1, -0.05) is 37.7 Å². The van der Waals surface area contributed by atoms with Crippen LogP contribution in [0.25, 0.3) is 10.9 Å². The Balaban J connectivity index is 1.90. The average Bonchev–Trinajstić information content (AvgIpc) is 2.71. The van der Waals surface area contributed by atoms with Gasteiger partial charge in [0.25, 0.3) is 5.56 Å². The van der Waals surface area contributed by atoms with Crippen molar-refractivity contribution in [3.05, 3.63) is 64.2 Å². The highest BCUT2D eigenvalue weighted by Crippen LogP contribution is 2.25. The van der Waals surface area contributed by atoms with Crippen LogP contribution in [0.1, 0.15) is 20.8 Å². The molecule has 3 rings (SSSR count). The number of hydrogen-bond donors (Lipinski definition) is 1. The zero-order valence-electron chi connectivity index (χ0n) is 16.6. The Kier molecular flexibility index (Phi) is 6.50. The van der Waals surface area contributed by atoms with Crippen LogP contribution in [0.5, 0.6) is 0 Å². The summed E-state index contributed by atoms with van der Waals surface area (Å²) in [5.74, 6) is -4.95. The minimum absolute atomic E-state index is 0.158. The second kappa shape index (κ2) is 8.91. The SMILES string of the molecule is CC(C)Cn1c(SC(C)C(=O)Nc2ccc(F)c(F)c2F)nc2ccccc2c1=O. The van der Waals surface area contributed by atoms with Crippen molar-refractivity contribution in [3.63, 3.8) is 0 Å². The number of nitrogens with zero attached hydrogens (tertiary/aromatic N) is 2. The molecule has 1 N–H and O–H groups in total. The molecule has 2 aromatic carbocycles. The molecule has 0 aliphatic rings. The fourth-order valence-corrected chi connectivity index (χ4v) is 3.75. The summed E-state index contributed by atoms with van der Waals surface area (Å²) in [5, 5.41) is 2.29. The number of carbonyl (C=O) groups excluding carboxylic acids is 1. The van der Waals surface area contributed by atoms with Crippen LogP contribution in [0.3, 0.4) is 0 Å². The lowest BCUT2D eigenvalue weighted by Gasteiger charge is -2.17. The van der Waals surface area contributed by atoms with Crippen molar-refractivity contribution >= 4 is 34.3 Å². The number of amides is 1. The Morgan fingerprint density at radius 3 is 2.50 bits per heavy atom. The quantitative estimate of drug-likeness (QED) is 0.350. The number of aromatic nitrogens is 2. The zero-order valence-corrected chi connectivity index (χ0v) is 17.4. The van der Waals surface area contributed by atoms with Crippen LogP contribution >= 0.6 is 11.8 Å². The molecule has 9 heteroatoms. The maximum absolute atomic E-state index is 13.9. The van der Waals surface area contributed by atoms with Gasteiger partial charge in [0.15, 0.2) is 22.6 Å². The number of fused-ring (bicyclic) bond motifs is 1. The molecule has 0 spiro atoms. The lowest BCUT2D eigenvalue weighted by molar-refractivity contribution is -0.115. The third kappa shape index (κ3) is 4.51. The monoisotopic (exact) mass is 435 g/mol. The predicted molar refractivity (Wildman–Crippen MR) is 111 cm³/mol. The van der Waals surface area contributed by atoms with E-state index in [0.717, 1.165) is 23.9 Å². The third-order valence-electron chi connectivity index (χ3n) is 4.32. The molecule has 1 atom stereocenters. The van der Waals surface area contributed by atoms with E-state index >= 15 is 0 Å². The van der Waals surface area contributed by atoms with Gasteiger partial charge >= 0.3 is 0 Å². The summed E-state index contributed by atoms with van der Waals surface area (Å²) in [5.41, 5.74) is -0.169. The van der Waals surface area contributed by atoms with E-state index in [1.54, 1.807) is 31.2 Å². The van der Waals surface area contributed by atoms with Crippen molar-refractivity contribution in [1.29, 1.82) is 0 Å². The second-order valence-corrected chi connectivity index (χ2v) is 8.50. The molecular weight excluding hydrogens is 415 g/mol. The molecule has 1 aromatic heterocycles. The number of thioether (sulfide) groups is 1. The lowest BCUT2D eigenvalue weighted by Crippen LogP contribution is -2.28. The summed E-state index contributed by atoms with van der Waals surface area (Å²) in [7, 11) is 0. The van der Waals surface area contributed by atoms with Crippen LogP contribution in [-0.4, -0.2) is 20.7 Å². The summed E-state index contributed by atoms with van der Waals surface area (Å²) in [6.07, 6.45) is 0. The van der Waals surface area contributed by atoms with E-state index in [0.29, 0.717) is 22.6 Å². The van der Waals surface area contributed by atoms with Gasteiger partial charge in [-0.25, -0.2) is 18.2 Å². The minimum Gasteiger partial charge on any atom is -0.323 e. The van der Waals surface area contributed by atoms with Gasteiger partial charge in [0, 0.05) is 6.54 Å². The van der Waals surface area contributed by atoms with Gasteiger partial charge in [0.1, 0.15) is 0 Å². The van der Waals surface area contributed by atoms with Gasteiger partial charge in [-0.15, -0.1) is 0 Å². The number of rotatable bonds is 6. The topological polar surface area (TPSA) is 64.0 Å². The normalized spacial score (nSPS) is 12.4.